The average Bonchev–Trinajstić information content (AvgIpc) is 2.09. The molecule has 0 saturated carbocycles. The number of rotatable bonds is 3. The van der Waals surface area contributed by atoms with Gasteiger partial charge in [-0.1, -0.05) is 28.6 Å². The van der Waals surface area contributed by atoms with Crippen LogP contribution in [0.4, 0.5) is 0 Å². The van der Waals surface area contributed by atoms with Crippen molar-refractivity contribution in [3.05, 3.63) is 34.9 Å². The molecular formula is C7H8ClNO3S. The van der Waals surface area contributed by atoms with E-state index in [9.17, 15) is 8.42 Å². The van der Waals surface area contributed by atoms with E-state index in [0.29, 0.717) is 10.6 Å². The van der Waals surface area contributed by atoms with E-state index in [1.807, 2.05) is 0 Å². The van der Waals surface area contributed by atoms with Crippen LogP contribution >= 0.6 is 11.6 Å². The first-order valence-electron chi connectivity index (χ1n) is 3.41. The normalized spacial score (nSPS) is 11.5. The molecule has 0 aliphatic heterocycles. The van der Waals surface area contributed by atoms with Crippen molar-refractivity contribution in [2.45, 2.75) is 5.75 Å². The molecule has 0 radical (unpaired) electrons. The highest BCUT2D eigenvalue weighted by Gasteiger charge is 2.08. The van der Waals surface area contributed by atoms with Gasteiger partial charge < -0.3 is 5.21 Å². The molecule has 6 heteroatoms. The lowest BCUT2D eigenvalue weighted by atomic mass is 10.2. The van der Waals surface area contributed by atoms with E-state index in [-0.39, 0.29) is 5.75 Å². The monoisotopic (exact) mass is 221 g/mol. The van der Waals surface area contributed by atoms with Gasteiger partial charge in [-0.25, -0.2) is 8.42 Å². The Hall–Kier alpha value is -0.620. The van der Waals surface area contributed by atoms with Gasteiger partial charge in [-0.2, -0.15) is 0 Å². The standard InChI is InChI=1S/C7H8ClNO3S/c8-7-3-1-6(2-4-7)5-13(11,12)9-10/h1-4,9-10H,5H2. The van der Waals surface area contributed by atoms with Crippen molar-refractivity contribution in [2.24, 2.45) is 0 Å². The molecule has 0 aliphatic carbocycles. The van der Waals surface area contributed by atoms with Gasteiger partial charge in [-0.3, -0.25) is 0 Å². The second kappa shape index (κ2) is 4.06. The van der Waals surface area contributed by atoms with E-state index in [4.69, 9.17) is 16.8 Å². The van der Waals surface area contributed by atoms with Crippen LogP contribution in [0, 0.1) is 0 Å². The third-order valence-corrected chi connectivity index (χ3v) is 2.65. The third-order valence-electron chi connectivity index (χ3n) is 1.41. The maximum Gasteiger partial charge on any atom is 0.237 e. The van der Waals surface area contributed by atoms with Crippen molar-refractivity contribution in [2.75, 3.05) is 0 Å². The summed E-state index contributed by atoms with van der Waals surface area (Å²) in [5.41, 5.74) is 0.561. The van der Waals surface area contributed by atoms with Gasteiger partial charge in [0.2, 0.25) is 10.0 Å². The van der Waals surface area contributed by atoms with Gasteiger partial charge in [0.1, 0.15) is 0 Å². The van der Waals surface area contributed by atoms with E-state index in [1.165, 1.54) is 4.89 Å². The van der Waals surface area contributed by atoms with Gasteiger partial charge in [-0.05, 0) is 17.7 Å². The summed E-state index contributed by atoms with van der Waals surface area (Å²) in [6.07, 6.45) is 0. The molecule has 0 amide bonds. The van der Waals surface area contributed by atoms with Crippen molar-refractivity contribution >= 4 is 21.6 Å². The van der Waals surface area contributed by atoms with Crippen molar-refractivity contribution < 1.29 is 13.6 Å². The molecule has 0 unspecified atom stereocenters. The van der Waals surface area contributed by atoms with Crippen molar-refractivity contribution in [1.29, 1.82) is 0 Å². The van der Waals surface area contributed by atoms with Crippen LogP contribution in [0.3, 0.4) is 0 Å². The van der Waals surface area contributed by atoms with Gasteiger partial charge >= 0.3 is 0 Å². The van der Waals surface area contributed by atoms with Crippen LogP contribution in [0.1, 0.15) is 5.56 Å². The van der Waals surface area contributed by atoms with Crippen LogP contribution in [0.15, 0.2) is 24.3 Å². The Morgan fingerprint density at radius 2 is 1.85 bits per heavy atom. The van der Waals surface area contributed by atoms with Gasteiger partial charge in [0, 0.05) is 5.02 Å². The van der Waals surface area contributed by atoms with Crippen LogP contribution in [0.25, 0.3) is 0 Å². The molecule has 1 aromatic rings. The van der Waals surface area contributed by atoms with E-state index >= 15 is 0 Å². The Kier molecular flexibility index (Phi) is 3.27. The summed E-state index contributed by atoms with van der Waals surface area (Å²) >= 11 is 5.60. The zero-order valence-electron chi connectivity index (χ0n) is 6.57. The topological polar surface area (TPSA) is 66.4 Å². The Morgan fingerprint density at radius 3 is 2.31 bits per heavy atom. The van der Waals surface area contributed by atoms with Gasteiger partial charge in [-0.15, -0.1) is 0 Å². The molecule has 0 fully saturated rings. The van der Waals surface area contributed by atoms with Crippen LogP contribution in [0.2, 0.25) is 5.02 Å². The minimum absolute atomic E-state index is 0.263. The van der Waals surface area contributed by atoms with E-state index in [2.05, 4.69) is 0 Å². The minimum Gasteiger partial charge on any atom is -0.302 e. The van der Waals surface area contributed by atoms with E-state index in [0.717, 1.165) is 0 Å². The van der Waals surface area contributed by atoms with Crippen LogP contribution in [0.5, 0.6) is 0 Å². The highest BCUT2D eigenvalue weighted by molar-refractivity contribution is 7.88. The highest BCUT2D eigenvalue weighted by Crippen LogP contribution is 2.11. The van der Waals surface area contributed by atoms with Crippen LogP contribution in [-0.4, -0.2) is 13.6 Å². The Bertz CT molecular complexity index is 373. The molecular weight excluding hydrogens is 214 g/mol. The van der Waals surface area contributed by atoms with Crippen molar-refractivity contribution in [3.63, 3.8) is 0 Å². The zero-order chi connectivity index (χ0) is 9.90. The summed E-state index contributed by atoms with van der Waals surface area (Å²) < 4.78 is 21.7. The van der Waals surface area contributed by atoms with E-state index in [1.54, 1.807) is 24.3 Å². The van der Waals surface area contributed by atoms with Crippen LogP contribution < -0.4 is 4.89 Å². The zero-order valence-corrected chi connectivity index (χ0v) is 8.14. The van der Waals surface area contributed by atoms with Crippen LogP contribution in [-0.2, 0) is 15.8 Å². The quantitative estimate of drug-likeness (QED) is 0.753. The lowest BCUT2D eigenvalue weighted by molar-refractivity contribution is 0.242. The third kappa shape index (κ3) is 3.31. The number of nitrogens with one attached hydrogen (secondary N) is 1. The summed E-state index contributed by atoms with van der Waals surface area (Å²) in [6.45, 7) is 0. The molecule has 0 bridgehead atoms. The highest BCUT2D eigenvalue weighted by atomic mass is 35.5. The van der Waals surface area contributed by atoms with Gasteiger partial charge in [0.15, 0.2) is 0 Å². The number of halogens is 1. The molecule has 1 rings (SSSR count). The number of sulfonamides is 1. The number of hydrogen-bond donors (Lipinski definition) is 2. The number of hydrogen-bond acceptors (Lipinski definition) is 3. The summed E-state index contributed by atoms with van der Waals surface area (Å²) in [6, 6.07) is 6.34. The predicted octanol–water partition coefficient (Wildman–Crippen LogP) is 1.15. The predicted molar refractivity (Wildman–Crippen MR) is 49.0 cm³/mol. The molecule has 1 aromatic carbocycles. The second-order valence-corrected chi connectivity index (χ2v) is 4.61. The molecule has 0 saturated heterocycles. The fraction of sp³-hybridized carbons (Fsp3) is 0.143. The smallest absolute Gasteiger partial charge is 0.237 e. The molecule has 0 spiro atoms. The molecule has 72 valence electrons. The fourth-order valence-electron chi connectivity index (χ4n) is 0.832. The number of benzene rings is 1. The Labute approximate surface area is 81.2 Å². The van der Waals surface area contributed by atoms with E-state index < -0.39 is 10.0 Å². The SMILES string of the molecule is O=S(=O)(Cc1ccc(Cl)cc1)NO. The summed E-state index contributed by atoms with van der Waals surface area (Å²) in [4.78, 5) is 1.24. The summed E-state index contributed by atoms with van der Waals surface area (Å²) in [7, 11) is -3.62. The molecule has 0 aromatic heterocycles. The van der Waals surface area contributed by atoms with Crippen molar-refractivity contribution in [3.8, 4) is 0 Å². The Balaban J connectivity index is 2.82. The second-order valence-electron chi connectivity index (χ2n) is 2.48. The molecule has 0 atom stereocenters. The molecule has 2 N–H and O–H groups in total. The van der Waals surface area contributed by atoms with Gasteiger partial charge in [0.05, 0.1) is 5.75 Å². The molecule has 0 heterocycles. The maximum absolute atomic E-state index is 10.9. The lowest BCUT2D eigenvalue weighted by Gasteiger charge is -2.00. The first-order valence-corrected chi connectivity index (χ1v) is 5.44. The fourth-order valence-corrected chi connectivity index (χ4v) is 1.65. The largest absolute Gasteiger partial charge is 0.302 e. The molecule has 13 heavy (non-hydrogen) atoms. The summed E-state index contributed by atoms with van der Waals surface area (Å²) in [5.74, 6) is -0.263. The molecule has 0 aliphatic rings. The summed E-state index contributed by atoms with van der Waals surface area (Å²) in [5, 5.41) is 8.79. The first kappa shape index (κ1) is 10.5. The first-order chi connectivity index (χ1) is 6.03. The minimum atomic E-state index is -3.62. The lowest BCUT2D eigenvalue weighted by Crippen LogP contribution is -2.20. The molecule has 4 nitrogen and oxygen atoms in total. The van der Waals surface area contributed by atoms with Crippen molar-refractivity contribution in [1.82, 2.24) is 4.89 Å². The maximum atomic E-state index is 10.9. The average molecular weight is 222 g/mol. The Morgan fingerprint density at radius 1 is 1.31 bits per heavy atom. The van der Waals surface area contributed by atoms with Gasteiger partial charge in [0.25, 0.3) is 0 Å².